The van der Waals surface area contributed by atoms with E-state index in [4.69, 9.17) is 0 Å². The molecule has 1 aliphatic heterocycles. The van der Waals surface area contributed by atoms with E-state index in [1.165, 1.54) is 18.4 Å². The zero-order chi connectivity index (χ0) is 17.1. The molecule has 2 amide bonds. The second-order valence-corrected chi connectivity index (χ2v) is 7.07. The lowest BCUT2D eigenvalue weighted by atomic mass is 10.1. The number of amides is 2. The van der Waals surface area contributed by atoms with Crippen molar-refractivity contribution < 1.29 is 4.79 Å². The van der Waals surface area contributed by atoms with E-state index >= 15 is 0 Å². The molecule has 2 aromatic rings. The molecule has 2 heterocycles. The number of hydrogen-bond donors (Lipinski definition) is 2. The van der Waals surface area contributed by atoms with Crippen LogP contribution in [0.2, 0.25) is 0 Å². The molecule has 1 fully saturated rings. The van der Waals surface area contributed by atoms with E-state index in [2.05, 4.69) is 49.7 Å². The summed E-state index contributed by atoms with van der Waals surface area (Å²) in [7, 11) is 0. The Morgan fingerprint density at radius 3 is 2.88 bits per heavy atom. The molecule has 0 unspecified atom stereocenters. The summed E-state index contributed by atoms with van der Waals surface area (Å²) >= 11 is 0. The van der Waals surface area contributed by atoms with Gasteiger partial charge in [0.05, 0.1) is 6.54 Å². The first-order valence-electron chi connectivity index (χ1n) is 9.29. The molecule has 6 heteroatoms. The lowest BCUT2D eigenvalue weighted by Gasteiger charge is -2.09. The van der Waals surface area contributed by atoms with Crippen LogP contribution in [0.3, 0.4) is 0 Å². The molecule has 1 aliphatic carbocycles. The highest BCUT2D eigenvalue weighted by Gasteiger charge is 2.37. The summed E-state index contributed by atoms with van der Waals surface area (Å²) in [6.45, 7) is 2.12. The summed E-state index contributed by atoms with van der Waals surface area (Å²) in [4.78, 5) is 12.1. The highest BCUT2D eigenvalue weighted by atomic mass is 16.2. The first kappa shape index (κ1) is 16.1. The van der Waals surface area contributed by atoms with Crippen molar-refractivity contribution in [1.82, 2.24) is 25.4 Å². The fourth-order valence-corrected chi connectivity index (χ4v) is 3.70. The van der Waals surface area contributed by atoms with Crippen LogP contribution in [0.1, 0.15) is 48.8 Å². The molecule has 25 heavy (non-hydrogen) atoms. The molecule has 0 bridgehead atoms. The molecule has 1 aromatic carbocycles. The number of rotatable bonds is 5. The summed E-state index contributed by atoms with van der Waals surface area (Å²) < 4.78 is 2.17. The fraction of sp³-hybridized carbons (Fsp3) is 0.526. The topological polar surface area (TPSA) is 71.8 Å². The number of hydrogen-bond acceptors (Lipinski definition) is 3. The average Bonchev–Trinajstić information content (AvgIpc) is 3.38. The van der Waals surface area contributed by atoms with E-state index in [1.54, 1.807) is 0 Å². The van der Waals surface area contributed by atoms with Crippen molar-refractivity contribution in [2.24, 2.45) is 5.92 Å². The summed E-state index contributed by atoms with van der Waals surface area (Å²) in [6.07, 6.45) is 5.72. The normalized spacial score (nSPS) is 21.9. The van der Waals surface area contributed by atoms with Crippen LogP contribution in [0.4, 0.5) is 4.79 Å². The fourth-order valence-electron chi connectivity index (χ4n) is 3.70. The summed E-state index contributed by atoms with van der Waals surface area (Å²) in [5, 5.41) is 14.4. The van der Waals surface area contributed by atoms with Gasteiger partial charge in [0.15, 0.2) is 5.82 Å². The molecule has 2 atom stereocenters. The number of carbonyl (C=O) groups is 1. The van der Waals surface area contributed by atoms with Crippen molar-refractivity contribution in [1.29, 1.82) is 0 Å². The van der Waals surface area contributed by atoms with Crippen LogP contribution in [-0.4, -0.2) is 27.3 Å². The Hall–Kier alpha value is -2.37. The van der Waals surface area contributed by atoms with E-state index in [1.807, 2.05) is 6.07 Å². The van der Waals surface area contributed by atoms with Crippen molar-refractivity contribution >= 4 is 6.03 Å². The number of carbonyl (C=O) groups excluding carboxylic acids is 1. The number of fused-ring (bicyclic) bond motifs is 1. The van der Waals surface area contributed by atoms with E-state index in [0.29, 0.717) is 18.4 Å². The molecule has 0 radical (unpaired) electrons. The van der Waals surface area contributed by atoms with E-state index in [-0.39, 0.29) is 6.03 Å². The van der Waals surface area contributed by atoms with Gasteiger partial charge in [-0.1, -0.05) is 36.8 Å². The number of nitrogens with zero attached hydrogens (tertiary/aromatic N) is 3. The minimum Gasteiger partial charge on any atom is -0.338 e. The zero-order valence-corrected chi connectivity index (χ0v) is 14.4. The van der Waals surface area contributed by atoms with Gasteiger partial charge in [0.1, 0.15) is 5.82 Å². The van der Waals surface area contributed by atoms with Gasteiger partial charge in [-0.05, 0) is 36.7 Å². The quantitative estimate of drug-likeness (QED) is 0.879. The maximum Gasteiger partial charge on any atom is 0.315 e. The van der Waals surface area contributed by atoms with Gasteiger partial charge in [-0.15, -0.1) is 10.2 Å². The van der Waals surface area contributed by atoms with Crippen LogP contribution in [0.15, 0.2) is 30.3 Å². The average molecular weight is 339 g/mol. The van der Waals surface area contributed by atoms with Crippen molar-refractivity contribution in [3.8, 4) is 0 Å². The largest absolute Gasteiger partial charge is 0.338 e. The van der Waals surface area contributed by atoms with Crippen LogP contribution in [0.25, 0.3) is 0 Å². The molecule has 1 saturated carbocycles. The van der Waals surface area contributed by atoms with Crippen LogP contribution in [0.5, 0.6) is 0 Å². The van der Waals surface area contributed by atoms with Gasteiger partial charge in [0, 0.05) is 19.5 Å². The van der Waals surface area contributed by atoms with Gasteiger partial charge >= 0.3 is 6.03 Å². The van der Waals surface area contributed by atoms with E-state index < -0.39 is 0 Å². The highest BCUT2D eigenvalue weighted by molar-refractivity contribution is 5.73. The molecule has 6 nitrogen and oxygen atoms in total. The van der Waals surface area contributed by atoms with Crippen LogP contribution in [-0.2, 0) is 19.5 Å². The van der Waals surface area contributed by atoms with E-state index in [0.717, 1.165) is 44.0 Å². The predicted octanol–water partition coefficient (Wildman–Crippen LogP) is 2.61. The third-order valence-electron chi connectivity index (χ3n) is 5.27. The van der Waals surface area contributed by atoms with Gasteiger partial charge < -0.3 is 15.2 Å². The minimum atomic E-state index is -0.121. The van der Waals surface area contributed by atoms with Crippen LogP contribution >= 0.6 is 0 Å². The van der Waals surface area contributed by atoms with Crippen LogP contribution < -0.4 is 10.6 Å². The molecule has 1 aromatic heterocycles. The maximum atomic E-state index is 12.1. The summed E-state index contributed by atoms with van der Waals surface area (Å²) in [5.74, 6) is 3.06. The second kappa shape index (κ2) is 7.25. The first-order valence-corrected chi connectivity index (χ1v) is 9.29. The van der Waals surface area contributed by atoms with Crippen molar-refractivity contribution in [3.05, 3.63) is 47.5 Å². The standard InChI is InChI=1S/C19H25N5O/c25-19(20-12-15-11-16(15)14-7-3-1-4-8-14)21-13-18-23-22-17-9-5-2-6-10-24(17)18/h1,3-4,7-8,15-16H,2,5-6,9-13H2,(H2,20,21,25)/t15-,16-/m1/s1. The SMILES string of the molecule is O=C(NCc1nnc2n1CCCCC2)NC[C@H]1C[C@@H]1c1ccccc1. The number of aromatic nitrogens is 3. The van der Waals surface area contributed by atoms with Gasteiger partial charge in [-0.25, -0.2) is 4.79 Å². The molecule has 132 valence electrons. The monoisotopic (exact) mass is 339 g/mol. The van der Waals surface area contributed by atoms with Crippen molar-refractivity contribution in [2.75, 3.05) is 6.54 Å². The molecule has 2 aliphatic rings. The Morgan fingerprint density at radius 2 is 2.00 bits per heavy atom. The van der Waals surface area contributed by atoms with Gasteiger partial charge in [-0.2, -0.15) is 0 Å². The molecule has 2 N–H and O–H groups in total. The molecule has 0 spiro atoms. The van der Waals surface area contributed by atoms with Crippen LogP contribution in [0, 0.1) is 5.92 Å². The molecular formula is C19H25N5O. The third kappa shape index (κ3) is 3.83. The Kier molecular flexibility index (Phi) is 4.68. The predicted molar refractivity (Wildman–Crippen MR) is 95.1 cm³/mol. The summed E-state index contributed by atoms with van der Waals surface area (Å²) in [5.41, 5.74) is 1.38. The lowest BCUT2D eigenvalue weighted by molar-refractivity contribution is 0.239. The zero-order valence-electron chi connectivity index (χ0n) is 14.4. The van der Waals surface area contributed by atoms with Gasteiger partial charge in [-0.3, -0.25) is 0 Å². The number of nitrogens with one attached hydrogen (secondary N) is 2. The van der Waals surface area contributed by atoms with Gasteiger partial charge in [0.25, 0.3) is 0 Å². The molecular weight excluding hydrogens is 314 g/mol. The number of benzene rings is 1. The third-order valence-corrected chi connectivity index (χ3v) is 5.27. The highest BCUT2D eigenvalue weighted by Crippen LogP contribution is 2.46. The maximum absolute atomic E-state index is 12.1. The molecule has 0 saturated heterocycles. The number of urea groups is 1. The Balaban J connectivity index is 1.22. The first-order chi connectivity index (χ1) is 12.3. The summed E-state index contributed by atoms with van der Waals surface area (Å²) in [6, 6.07) is 10.4. The van der Waals surface area contributed by atoms with Crippen molar-refractivity contribution in [2.45, 2.75) is 51.1 Å². The Bertz CT molecular complexity index is 727. The van der Waals surface area contributed by atoms with Crippen molar-refractivity contribution in [3.63, 3.8) is 0 Å². The van der Waals surface area contributed by atoms with E-state index in [9.17, 15) is 4.79 Å². The van der Waals surface area contributed by atoms with Gasteiger partial charge in [0.2, 0.25) is 0 Å². The Morgan fingerprint density at radius 1 is 1.12 bits per heavy atom. The number of aryl methyl sites for hydroxylation is 1. The lowest BCUT2D eigenvalue weighted by Crippen LogP contribution is -2.37. The second-order valence-electron chi connectivity index (χ2n) is 7.07. The molecule has 4 rings (SSSR count). The smallest absolute Gasteiger partial charge is 0.315 e. The minimum absolute atomic E-state index is 0.121. The Labute approximate surface area is 148 Å².